The SMILES string of the molecule is CCCO[C@@H]1[C@@H](OC)[C@H](C)O[C@@H](O/N=C/c2ccc(/C=C/c3ccc(OC(F)(F)F)cc3)cc2)[C@@H]1OC. The molecule has 1 fully saturated rings. The van der Waals surface area contributed by atoms with Crippen LogP contribution in [0.2, 0.25) is 0 Å². The molecule has 0 unspecified atom stereocenters. The first-order valence-electron chi connectivity index (χ1n) is 11.9. The van der Waals surface area contributed by atoms with E-state index in [1.807, 2.05) is 44.2 Å². The largest absolute Gasteiger partial charge is 0.573 e. The fourth-order valence-electron chi connectivity index (χ4n) is 3.89. The van der Waals surface area contributed by atoms with Gasteiger partial charge in [0.15, 0.2) is 6.10 Å². The van der Waals surface area contributed by atoms with E-state index in [-0.39, 0.29) is 24.1 Å². The molecule has 1 aliphatic rings. The summed E-state index contributed by atoms with van der Waals surface area (Å²) in [6, 6.07) is 13.1. The summed E-state index contributed by atoms with van der Waals surface area (Å²) in [6.07, 6.45) is -0.872. The van der Waals surface area contributed by atoms with Crippen molar-refractivity contribution in [2.24, 2.45) is 5.16 Å². The minimum absolute atomic E-state index is 0.261. The summed E-state index contributed by atoms with van der Waals surface area (Å²) in [4.78, 5) is 5.63. The van der Waals surface area contributed by atoms with Crippen molar-refractivity contribution in [1.29, 1.82) is 0 Å². The third-order valence-electron chi connectivity index (χ3n) is 5.67. The Morgan fingerprint density at radius 2 is 1.43 bits per heavy atom. The molecule has 5 atom stereocenters. The highest BCUT2D eigenvalue weighted by atomic mass is 19.4. The number of halogens is 3. The van der Waals surface area contributed by atoms with Crippen LogP contribution in [0.15, 0.2) is 53.7 Å². The predicted octanol–water partition coefficient (Wildman–Crippen LogP) is 5.68. The van der Waals surface area contributed by atoms with Crippen molar-refractivity contribution in [1.82, 2.24) is 0 Å². The fourth-order valence-corrected chi connectivity index (χ4v) is 3.89. The minimum Gasteiger partial charge on any atom is -0.406 e. The Morgan fingerprint density at radius 1 is 0.865 bits per heavy atom. The number of hydrogen-bond donors (Lipinski definition) is 0. The zero-order valence-corrected chi connectivity index (χ0v) is 21.2. The maximum Gasteiger partial charge on any atom is 0.573 e. The first-order valence-corrected chi connectivity index (χ1v) is 11.9. The Hall–Kier alpha value is -2.92. The van der Waals surface area contributed by atoms with E-state index in [0.717, 1.165) is 23.1 Å². The van der Waals surface area contributed by atoms with Gasteiger partial charge in [0.2, 0.25) is 0 Å². The van der Waals surface area contributed by atoms with Crippen LogP contribution in [0, 0.1) is 0 Å². The summed E-state index contributed by atoms with van der Waals surface area (Å²) in [5, 5.41) is 4.08. The average molecular weight is 524 g/mol. The van der Waals surface area contributed by atoms with Crippen molar-refractivity contribution in [3.05, 3.63) is 65.2 Å². The van der Waals surface area contributed by atoms with Crippen molar-refractivity contribution in [2.75, 3.05) is 20.8 Å². The van der Waals surface area contributed by atoms with E-state index in [0.29, 0.717) is 6.61 Å². The van der Waals surface area contributed by atoms with Crippen LogP contribution in [0.25, 0.3) is 12.2 Å². The molecule has 0 aromatic heterocycles. The molecule has 202 valence electrons. The molecule has 0 amide bonds. The summed E-state index contributed by atoms with van der Waals surface area (Å²) in [7, 11) is 3.18. The number of alkyl halides is 3. The molecule has 2 aromatic rings. The first kappa shape index (κ1) is 28.6. The summed E-state index contributed by atoms with van der Waals surface area (Å²) >= 11 is 0. The van der Waals surface area contributed by atoms with Crippen LogP contribution in [0.4, 0.5) is 13.2 Å². The Morgan fingerprint density at radius 3 is 1.97 bits per heavy atom. The molecule has 37 heavy (non-hydrogen) atoms. The molecule has 0 saturated carbocycles. The molecule has 3 rings (SSSR count). The lowest BCUT2D eigenvalue weighted by Gasteiger charge is -2.42. The molecule has 0 radical (unpaired) electrons. The molecule has 0 bridgehead atoms. The summed E-state index contributed by atoms with van der Waals surface area (Å²) < 4.78 is 63.8. The van der Waals surface area contributed by atoms with Crippen molar-refractivity contribution in [3.8, 4) is 5.75 Å². The normalized spacial score (nSPS) is 24.6. The van der Waals surface area contributed by atoms with Crippen LogP contribution >= 0.6 is 0 Å². The Labute approximate surface area is 214 Å². The van der Waals surface area contributed by atoms with Gasteiger partial charge in [-0.3, -0.25) is 0 Å². The van der Waals surface area contributed by atoms with E-state index < -0.39 is 18.8 Å². The smallest absolute Gasteiger partial charge is 0.406 e. The van der Waals surface area contributed by atoms with Crippen LogP contribution in [-0.2, 0) is 23.8 Å². The van der Waals surface area contributed by atoms with Gasteiger partial charge in [-0.2, -0.15) is 0 Å². The average Bonchev–Trinajstić information content (AvgIpc) is 2.87. The maximum atomic E-state index is 12.3. The lowest BCUT2D eigenvalue weighted by molar-refractivity contribution is -0.308. The van der Waals surface area contributed by atoms with Crippen molar-refractivity contribution in [3.63, 3.8) is 0 Å². The van der Waals surface area contributed by atoms with E-state index in [1.165, 1.54) is 12.1 Å². The van der Waals surface area contributed by atoms with E-state index in [2.05, 4.69) is 9.89 Å². The fraction of sp³-hybridized carbons (Fsp3) is 0.444. The highest BCUT2D eigenvalue weighted by Crippen LogP contribution is 2.28. The van der Waals surface area contributed by atoms with Gasteiger partial charge in [0.25, 0.3) is 6.29 Å². The van der Waals surface area contributed by atoms with Gasteiger partial charge in [-0.05, 0) is 42.2 Å². The third-order valence-corrected chi connectivity index (χ3v) is 5.67. The number of benzene rings is 2. The molecule has 0 aliphatic carbocycles. The lowest BCUT2D eigenvalue weighted by atomic mass is 9.99. The van der Waals surface area contributed by atoms with Crippen LogP contribution in [-0.4, -0.2) is 64.1 Å². The van der Waals surface area contributed by atoms with Gasteiger partial charge in [0.05, 0.1) is 12.3 Å². The van der Waals surface area contributed by atoms with E-state index in [4.69, 9.17) is 23.8 Å². The highest BCUT2D eigenvalue weighted by Gasteiger charge is 2.47. The van der Waals surface area contributed by atoms with E-state index >= 15 is 0 Å². The number of methoxy groups -OCH3 is 2. The number of nitrogens with zero attached hydrogens (tertiary/aromatic N) is 1. The molecule has 0 N–H and O–H groups in total. The maximum absolute atomic E-state index is 12.3. The summed E-state index contributed by atoms with van der Waals surface area (Å²) in [5.41, 5.74) is 2.44. The van der Waals surface area contributed by atoms with Gasteiger partial charge in [-0.25, -0.2) is 0 Å². The second-order valence-electron chi connectivity index (χ2n) is 8.40. The summed E-state index contributed by atoms with van der Waals surface area (Å²) in [5.74, 6) is -0.261. The van der Waals surface area contributed by atoms with Crippen LogP contribution in [0.1, 0.15) is 37.0 Å². The number of hydrogen-bond acceptors (Lipinski definition) is 7. The monoisotopic (exact) mass is 523 g/mol. The van der Waals surface area contributed by atoms with Gasteiger partial charge in [0, 0.05) is 20.8 Å². The van der Waals surface area contributed by atoms with E-state index in [1.54, 1.807) is 38.6 Å². The summed E-state index contributed by atoms with van der Waals surface area (Å²) in [6.45, 7) is 4.48. The molecular formula is C27H32F3NO6. The highest BCUT2D eigenvalue weighted by molar-refractivity contribution is 5.80. The molecule has 1 saturated heterocycles. The van der Waals surface area contributed by atoms with E-state index in [9.17, 15) is 13.2 Å². The minimum atomic E-state index is -4.71. The molecule has 1 aliphatic heterocycles. The van der Waals surface area contributed by atoms with Gasteiger partial charge in [-0.1, -0.05) is 60.6 Å². The Balaban J connectivity index is 1.57. The van der Waals surface area contributed by atoms with Gasteiger partial charge < -0.3 is 28.5 Å². The van der Waals surface area contributed by atoms with Gasteiger partial charge in [0.1, 0.15) is 18.0 Å². The lowest BCUT2D eigenvalue weighted by Crippen LogP contribution is -2.59. The number of oxime groups is 1. The quantitative estimate of drug-likeness (QED) is 0.215. The van der Waals surface area contributed by atoms with Crippen molar-refractivity contribution in [2.45, 2.75) is 57.3 Å². The number of rotatable bonds is 11. The second kappa shape index (κ2) is 13.6. The van der Waals surface area contributed by atoms with Crippen molar-refractivity contribution < 1.29 is 41.7 Å². The predicted molar refractivity (Wildman–Crippen MR) is 133 cm³/mol. The molecular weight excluding hydrogens is 491 g/mol. The topological polar surface area (TPSA) is 67.7 Å². The molecule has 7 nitrogen and oxygen atoms in total. The molecule has 10 heteroatoms. The van der Waals surface area contributed by atoms with Crippen molar-refractivity contribution >= 4 is 18.4 Å². The molecule has 1 heterocycles. The van der Waals surface area contributed by atoms with Gasteiger partial charge in [-0.15, -0.1) is 13.2 Å². The first-order chi connectivity index (χ1) is 17.7. The van der Waals surface area contributed by atoms with Crippen LogP contribution < -0.4 is 4.74 Å². The molecule has 0 spiro atoms. The van der Waals surface area contributed by atoms with Gasteiger partial charge >= 0.3 is 6.36 Å². The molecule has 2 aromatic carbocycles. The van der Waals surface area contributed by atoms with Crippen LogP contribution in [0.5, 0.6) is 5.75 Å². The zero-order valence-electron chi connectivity index (χ0n) is 21.2. The standard InChI is InChI=1S/C27H32F3NO6/c1-5-16-34-24-23(32-3)18(2)35-26(25(24)33-4)37-31-17-21-10-8-19(9-11-21)6-7-20-12-14-22(15-13-20)36-27(28,29)30/h6-15,17-18,23-26H,5,16H2,1-4H3/b7-6+,31-17+/t18-,23-,24+,25+,26-/m0/s1. The number of ether oxygens (including phenoxy) is 5. The zero-order chi connectivity index (χ0) is 26.8. The van der Waals surface area contributed by atoms with Crippen LogP contribution in [0.3, 0.4) is 0 Å². The second-order valence-corrected chi connectivity index (χ2v) is 8.40. The third kappa shape index (κ3) is 8.57. The Bertz CT molecular complexity index is 1010. The Kier molecular flexibility index (Phi) is 10.5.